The number of hydrogen-bond acceptors (Lipinski definition) is 3. The molecule has 7 heteroatoms. The molecule has 0 heterocycles. The summed E-state index contributed by atoms with van der Waals surface area (Å²) in [5.41, 5.74) is -0.0363. The Morgan fingerprint density at radius 1 is 1.30 bits per heavy atom. The van der Waals surface area contributed by atoms with Crippen molar-refractivity contribution in [1.82, 2.24) is 5.32 Å². The van der Waals surface area contributed by atoms with Crippen molar-refractivity contribution in [2.75, 3.05) is 6.54 Å². The largest absolute Gasteiger partial charge is 0.463 e. The minimum Gasteiger partial charge on any atom is -0.463 e. The van der Waals surface area contributed by atoms with Crippen LogP contribution in [0.4, 0.5) is 4.39 Å². The molecule has 1 aromatic carbocycles. The predicted octanol–water partition coefficient (Wildman–Crippen LogP) is 3.20. The quantitative estimate of drug-likeness (QED) is 0.669. The van der Waals surface area contributed by atoms with Crippen molar-refractivity contribution in [3.8, 4) is 0 Å². The summed E-state index contributed by atoms with van der Waals surface area (Å²) in [6, 6.07) is 2.10. The molecule has 0 aliphatic heterocycles. The maximum absolute atomic E-state index is 13.3. The first-order valence-electron chi connectivity index (χ1n) is 5.93. The number of carbonyl (C=O) groups is 2. The fourth-order valence-corrected chi connectivity index (χ4v) is 1.86. The van der Waals surface area contributed by atoms with Crippen LogP contribution >= 0.6 is 23.2 Å². The molecule has 1 N–H and O–H groups in total. The maximum Gasteiger partial charge on any atom is 0.307 e. The zero-order valence-electron chi connectivity index (χ0n) is 11.0. The van der Waals surface area contributed by atoms with E-state index in [1.54, 1.807) is 13.8 Å². The van der Waals surface area contributed by atoms with E-state index in [0.717, 1.165) is 12.1 Å². The highest BCUT2D eigenvalue weighted by molar-refractivity contribution is 6.36. The molecule has 0 aliphatic carbocycles. The summed E-state index contributed by atoms with van der Waals surface area (Å²) in [7, 11) is 0. The van der Waals surface area contributed by atoms with E-state index in [-0.39, 0.29) is 34.7 Å². The van der Waals surface area contributed by atoms with Crippen molar-refractivity contribution in [3.63, 3.8) is 0 Å². The molecule has 20 heavy (non-hydrogen) atoms. The smallest absolute Gasteiger partial charge is 0.307 e. The summed E-state index contributed by atoms with van der Waals surface area (Å²) in [5.74, 6) is -1.74. The Morgan fingerprint density at radius 3 is 2.55 bits per heavy atom. The van der Waals surface area contributed by atoms with Crippen LogP contribution < -0.4 is 5.32 Å². The minimum atomic E-state index is -0.736. The highest BCUT2D eigenvalue weighted by atomic mass is 35.5. The molecule has 110 valence electrons. The van der Waals surface area contributed by atoms with Gasteiger partial charge in [-0.3, -0.25) is 9.59 Å². The van der Waals surface area contributed by atoms with Crippen LogP contribution in [-0.2, 0) is 9.53 Å². The summed E-state index contributed by atoms with van der Waals surface area (Å²) in [6.07, 6.45) is -0.185. The van der Waals surface area contributed by atoms with Gasteiger partial charge in [-0.15, -0.1) is 0 Å². The predicted molar refractivity (Wildman–Crippen MR) is 74.6 cm³/mol. The molecular weight excluding hydrogens is 308 g/mol. The van der Waals surface area contributed by atoms with E-state index in [0.29, 0.717) is 0 Å². The topological polar surface area (TPSA) is 55.4 Å². The lowest BCUT2D eigenvalue weighted by atomic mass is 10.2. The molecular formula is C13H14Cl2FNO3. The Balaban J connectivity index is 2.56. The van der Waals surface area contributed by atoms with Gasteiger partial charge < -0.3 is 10.1 Å². The van der Waals surface area contributed by atoms with Gasteiger partial charge in [0.25, 0.3) is 5.91 Å². The van der Waals surface area contributed by atoms with Gasteiger partial charge in [-0.1, -0.05) is 23.2 Å². The van der Waals surface area contributed by atoms with E-state index in [2.05, 4.69) is 5.32 Å². The molecule has 0 radical (unpaired) electrons. The van der Waals surface area contributed by atoms with Gasteiger partial charge in [-0.05, 0) is 26.0 Å². The molecule has 1 amide bonds. The van der Waals surface area contributed by atoms with E-state index in [4.69, 9.17) is 27.9 Å². The highest BCUT2D eigenvalue weighted by Gasteiger charge is 2.14. The van der Waals surface area contributed by atoms with Crippen molar-refractivity contribution in [1.29, 1.82) is 0 Å². The molecule has 4 nitrogen and oxygen atoms in total. The zero-order chi connectivity index (χ0) is 15.3. The van der Waals surface area contributed by atoms with Crippen LogP contribution in [0.25, 0.3) is 0 Å². The minimum absolute atomic E-state index is 0.0254. The van der Waals surface area contributed by atoms with Crippen molar-refractivity contribution < 1.29 is 18.7 Å². The summed E-state index contributed by atoms with van der Waals surface area (Å²) < 4.78 is 18.2. The number of carbonyl (C=O) groups excluding carboxylic acids is 2. The van der Waals surface area contributed by atoms with Crippen LogP contribution in [0.3, 0.4) is 0 Å². The van der Waals surface area contributed by atoms with E-state index in [1.807, 2.05) is 0 Å². The lowest BCUT2D eigenvalue weighted by Crippen LogP contribution is -2.27. The van der Waals surface area contributed by atoms with Gasteiger partial charge in [0.15, 0.2) is 0 Å². The van der Waals surface area contributed by atoms with Crippen LogP contribution in [0.2, 0.25) is 10.0 Å². The Labute approximate surface area is 126 Å². The number of hydrogen-bond donors (Lipinski definition) is 1. The molecule has 1 rings (SSSR count). The van der Waals surface area contributed by atoms with Gasteiger partial charge in [-0.2, -0.15) is 0 Å². The third kappa shape index (κ3) is 4.98. The van der Waals surface area contributed by atoms with Crippen molar-refractivity contribution in [2.24, 2.45) is 0 Å². The number of benzene rings is 1. The monoisotopic (exact) mass is 321 g/mol. The number of nitrogens with one attached hydrogen (secondary N) is 1. The first-order chi connectivity index (χ1) is 9.31. The van der Waals surface area contributed by atoms with Gasteiger partial charge in [0.2, 0.25) is 0 Å². The average molecular weight is 322 g/mol. The fraction of sp³-hybridized carbons (Fsp3) is 0.385. The zero-order valence-corrected chi connectivity index (χ0v) is 12.5. The second-order valence-corrected chi connectivity index (χ2v) is 5.11. The first-order valence-corrected chi connectivity index (χ1v) is 6.69. The maximum atomic E-state index is 13.3. The molecule has 0 saturated heterocycles. The third-order valence-corrected chi connectivity index (χ3v) is 2.84. The van der Waals surface area contributed by atoms with E-state index >= 15 is 0 Å². The lowest BCUT2D eigenvalue weighted by Gasteiger charge is -2.09. The molecule has 1 aromatic rings. The summed E-state index contributed by atoms with van der Waals surface area (Å²) >= 11 is 11.3. The second-order valence-electron chi connectivity index (χ2n) is 4.29. The molecule has 0 saturated carbocycles. The first kappa shape index (κ1) is 16.7. The van der Waals surface area contributed by atoms with Crippen molar-refractivity contribution >= 4 is 35.1 Å². The fourth-order valence-electron chi connectivity index (χ4n) is 1.39. The SMILES string of the molecule is CC(C)OC(=O)CCNC(=O)c1cc(F)c(Cl)cc1Cl. The number of ether oxygens (including phenoxy) is 1. The van der Waals surface area contributed by atoms with E-state index in [9.17, 15) is 14.0 Å². The van der Waals surface area contributed by atoms with E-state index in [1.165, 1.54) is 0 Å². The van der Waals surface area contributed by atoms with Crippen LogP contribution in [0.15, 0.2) is 12.1 Å². The molecule has 0 aliphatic rings. The van der Waals surface area contributed by atoms with Gasteiger partial charge in [0.05, 0.1) is 28.1 Å². The van der Waals surface area contributed by atoms with Crippen molar-refractivity contribution in [2.45, 2.75) is 26.4 Å². The molecule has 0 atom stereocenters. The highest BCUT2D eigenvalue weighted by Crippen LogP contribution is 2.24. The van der Waals surface area contributed by atoms with Gasteiger partial charge in [0.1, 0.15) is 5.82 Å². The second kappa shape index (κ2) is 7.45. The molecule has 0 bridgehead atoms. The van der Waals surface area contributed by atoms with Gasteiger partial charge in [-0.25, -0.2) is 4.39 Å². The number of esters is 1. The van der Waals surface area contributed by atoms with Crippen LogP contribution in [0, 0.1) is 5.82 Å². The van der Waals surface area contributed by atoms with Gasteiger partial charge in [0, 0.05) is 6.54 Å². The Kier molecular flexibility index (Phi) is 6.23. The van der Waals surface area contributed by atoms with E-state index < -0.39 is 17.7 Å². The van der Waals surface area contributed by atoms with Crippen LogP contribution in [0.1, 0.15) is 30.6 Å². The summed E-state index contributed by atoms with van der Waals surface area (Å²) in [5, 5.41) is 2.34. The standard InChI is InChI=1S/C13H14Cl2FNO3/c1-7(2)20-12(18)3-4-17-13(19)8-5-11(16)10(15)6-9(8)14/h5-7H,3-4H2,1-2H3,(H,17,19). The molecule has 0 aromatic heterocycles. The number of rotatable bonds is 5. The molecule has 0 fully saturated rings. The van der Waals surface area contributed by atoms with Crippen LogP contribution in [-0.4, -0.2) is 24.5 Å². The Morgan fingerprint density at radius 2 is 1.95 bits per heavy atom. The van der Waals surface area contributed by atoms with Gasteiger partial charge >= 0.3 is 5.97 Å². The Bertz CT molecular complexity index is 521. The Hall–Kier alpha value is -1.33. The summed E-state index contributed by atoms with van der Waals surface area (Å²) in [4.78, 5) is 23.0. The molecule has 0 unspecified atom stereocenters. The average Bonchev–Trinajstić information content (AvgIpc) is 2.32. The number of amides is 1. The van der Waals surface area contributed by atoms with Crippen LogP contribution in [0.5, 0.6) is 0 Å². The number of halogens is 3. The summed E-state index contributed by atoms with van der Waals surface area (Å²) in [6.45, 7) is 3.53. The molecule has 0 spiro atoms. The lowest BCUT2D eigenvalue weighted by molar-refractivity contribution is -0.147. The van der Waals surface area contributed by atoms with Crippen molar-refractivity contribution in [3.05, 3.63) is 33.6 Å². The third-order valence-electron chi connectivity index (χ3n) is 2.24. The normalized spacial score (nSPS) is 10.5.